The van der Waals surface area contributed by atoms with E-state index in [1.807, 2.05) is 0 Å². The highest BCUT2D eigenvalue weighted by Crippen LogP contribution is 2.20. The number of hydrogen-bond acceptors (Lipinski definition) is 6. The van der Waals surface area contributed by atoms with E-state index in [9.17, 15) is 23.1 Å². The van der Waals surface area contributed by atoms with E-state index in [0.717, 1.165) is 4.90 Å². The smallest absolute Gasteiger partial charge is 0.269 e. The van der Waals surface area contributed by atoms with Gasteiger partial charge in [0.2, 0.25) is 10.0 Å². The predicted octanol–water partition coefficient (Wildman–Crippen LogP) is -1.72. The van der Waals surface area contributed by atoms with Crippen LogP contribution >= 0.6 is 0 Å². The van der Waals surface area contributed by atoms with Gasteiger partial charge < -0.3 is 19.5 Å². The van der Waals surface area contributed by atoms with Crippen molar-refractivity contribution in [1.29, 1.82) is 0 Å². The van der Waals surface area contributed by atoms with Crippen molar-refractivity contribution >= 4 is 21.9 Å². The number of sulfonamides is 1. The molecule has 2 rings (SSSR count). The van der Waals surface area contributed by atoms with E-state index in [4.69, 9.17) is 4.74 Å². The van der Waals surface area contributed by atoms with Gasteiger partial charge in [-0.3, -0.25) is 4.79 Å². The monoisotopic (exact) mass is 327 g/mol. The highest BCUT2D eigenvalue weighted by Gasteiger charge is 2.30. The number of benzene rings is 1. The van der Waals surface area contributed by atoms with E-state index in [-0.39, 0.29) is 31.1 Å². The van der Waals surface area contributed by atoms with E-state index in [0.29, 0.717) is 5.75 Å². The summed E-state index contributed by atoms with van der Waals surface area (Å²) >= 11 is 0. The van der Waals surface area contributed by atoms with Crippen LogP contribution in [0.5, 0.6) is 5.75 Å². The number of rotatable bonds is 3. The molecule has 0 aliphatic carbocycles. The number of nitrogens with zero attached hydrogens (tertiary/aromatic N) is 2. The third-order valence-electron chi connectivity index (χ3n) is 3.40. The van der Waals surface area contributed by atoms with Crippen molar-refractivity contribution in [3.63, 3.8) is 0 Å². The second-order valence-electron chi connectivity index (χ2n) is 4.66. The van der Waals surface area contributed by atoms with Gasteiger partial charge in [0.15, 0.2) is 0 Å². The highest BCUT2D eigenvalue weighted by molar-refractivity contribution is 7.89. The second-order valence-corrected chi connectivity index (χ2v) is 6.60. The summed E-state index contributed by atoms with van der Waals surface area (Å²) in [6, 6.07) is 5.96. The molecule has 120 valence electrons. The van der Waals surface area contributed by atoms with Gasteiger partial charge in [0, 0.05) is 26.2 Å². The lowest BCUT2D eigenvalue weighted by Crippen LogP contribution is -2.54. The van der Waals surface area contributed by atoms with Crippen LogP contribution in [0.3, 0.4) is 0 Å². The van der Waals surface area contributed by atoms with Gasteiger partial charge in [-0.25, -0.2) is 8.42 Å². The first-order chi connectivity index (χ1) is 10.4. The molecule has 1 aliphatic rings. The van der Waals surface area contributed by atoms with Crippen molar-refractivity contribution in [2.75, 3.05) is 33.3 Å². The Morgan fingerprint density at radius 1 is 1.09 bits per heavy atom. The molecule has 0 atom stereocenters. The fourth-order valence-electron chi connectivity index (χ4n) is 2.16. The maximum absolute atomic E-state index is 12.5. The van der Waals surface area contributed by atoms with Crippen LogP contribution in [-0.4, -0.2) is 62.8 Å². The van der Waals surface area contributed by atoms with Gasteiger partial charge in [0.25, 0.3) is 5.91 Å². The van der Waals surface area contributed by atoms with E-state index in [1.165, 1.54) is 23.5 Å². The number of carboxylic acid groups (broad SMARTS) is 1. The van der Waals surface area contributed by atoms with Crippen LogP contribution in [0.1, 0.15) is 0 Å². The van der Waals surface area contributed by atoms with E-state index in [2.05, 4.69) is 0 Å². The summed E-state index contributed by atoms with van der Waals surface area (Å²) in [7, 11) is -2.20. The molecule has 0 bridgehead atoms. The Kier molecular flexibility index (Phi) is 4.67. The molecule has 1 amide bonds. The summed E-state index contributed by atoms with van der Waals surface area (Å²) in [5.41, 5.74) is 0. The summed E-state index contributed by atoms with van der Waals surface area (Å²) < 4.78 is 31.1. The maximum atomic E-state index is 12.5. The molecule has 1 aromatic carbocycles. The topological polar surface area (TPSA) is 107 Å². The van der Waals surface area contributed by atoms with Gasteiger partial charge in [-0.1, -0.05) is 0 Å². The summed E-state index contributed by atoms with van der Waals surface area (Å²) in [4.78, 5) is 23.0. The van der Waals surface area contributed by atoms with E-state index < -0.39 is 21.9 Å². The van der Waals surface area contributed by atoms with Gasteiger partial charge in [0.1, 0.15) is 11.7 Å². The lowest BCUT2D eigenvalue weighted by molar-refractivity contribution is -0.301. The maximum Gasteiger partial charge on any atom is 0.269 e. The number of hydrogen-bond donors (Lipinski definition) is 0. The van der Waals surface area contributed by atoms with E-state index in [1.54, 1.807) is 12.1 Å². The zero-order valence-corrected chi connectivity index (χ0v) is 12.7. The first-order valence-electron chi connectivity index (χ1n) is 6.50. The number of methoxy groups -OCH3 is 1. The molecule has 0 radical (unpaired) electrons. The average Bonchev–Trinajstić information content (AvgIpc) is 2.54. The van der Waals surface area contributed by atoms with Crippen LogP contribution < -0.4 is 9.84 Å². The number of carboxylic acids is 1. The van der Waals surface area contributed by atoms with Crippen LogP contribution in [0, 0.1) is 0 Å². The van der Waals surface area contributed by atoms with Crippen LogP contribution in [0.4, 0.5) is 0 Å². The fraction of sp³-hybridized carbons (Fsp3) is 0.385. The van der Waals surface area contributed by atoms with E-state index >= 15 is 0 Å². The van der Waals surface area contributed by atoms with Crippen LogP contribution in [0.25, 0.3) is 0 Å². The van der Waals surface area contributed by atoms with Gasteiger partial charge in [-0.2, -0.15) is 4.31 Å². The molecule has 1 heterocycles. The van der Waals surface area contributed by atoms with Crippen molar-refractivity contribution in [3.05, 3.63) is 24.3 Å². The summed E-state index contributed by atoms with van der Waals surface area (Å²) in [5, 5.41) is 10.5. The Balaban J connectivity index is 2.09. The summed E-state index contributed by atoms with van der Waals surface area (Å²) in [6.45, 7) is 0.102. The molecule has 0 aromatic heterocycles. The molecule has 1 saturated heterocycles. The minimum absolute atomic E-state index is 0.0161. The fourth-order valence-corrected chi connectivity index (χ4v) is 3.58. The predicted molar refractivity (Wildman–Crippen MR) is 73.3 cm³/mol. The standard InChI is InChI=1S/C13H16N2O6S/c1-21-10-2-4-11(5-3-10)22(19,20)15-8-6-14(7-9-15)12(16)13(17)18/h2-5H,6-9H2,1H3,(H,17,18)/p-1. The summed E-state index contributed by atoms with van der Waals surface area (Å²) in [5.74, 6) is -2.36. The number of ether oxygens (including phenoxy) is 1. The van der Waals surface area contributed by atoms with Gasteiger partial charge >= 0.3 is 0 Å². The molecule has 1 aromatic rings. The molecule has 22 heavy (non-hydrogen) atoms. The SMILES string of the molecule is COc1ccc(S(=O)(=O)N2CCN(C(=O)C(=O)[O-])CC2)cc1. The van der Waals surface area contributed by atoms with Gasteiger partial charge in [0.05, 0.1) is 12.0 Å². The van der Waals surface area contributed by atoms with Crippen LogP contribution in [0.15, 0.2) is 29.2 Å². The molecule has 1 fully saturated rings. The largest absolute Gasteiger partial charge is 0.540 e. The zero-order valence-electron chi connectivity index (χ0n) is 11.9. The van der Waals surface area contributed by atoms with Gasteiger partial charge in [-0.05, 0) is 24.3 Å². The normalized spacial score (nSPS) is 16.3. The van der Waals surface area contributed by atoms with Crippen molar-refractivity contribution in [2.45, 2.75) is 4.90 Å². The van der Waals surface area contributed by atoms with Crippen molar-refractivity contribution in [1.82, 2.24) is 9.21 Å². The highest BCUT2D eigenvalue weighted by atomic mass is 32.2. The van der Waals surface area contributed by atoms with Crippen LogP contribution in [-0.2, 0) is 19.6 Å². The summed E-state index contributed by atoms with van der Waals surface area (Å²) in [6.07, 6.45) is 0. The molecular formula is C13H15N2O6S-. The Bertz CT molecular complexity index is 662. The molecular weight excluding hydrogens is 312 g/mol. The molecule has 0 saturated carbocycles. The van der Waals surface area contributed by atoms with Crippen molar-refractivity contribution in [2.24, 2.45) is 0 Å². The molecule has 1 aliphatic heterocycles. The number of aliphatic carboxylic acids is 1. The molecule has 8 nitrogen and oxygen atoms in total. The lowest BCUT2D eigenvalue weighted by atomic mass is 10.3. The quantitative estimate of drug-likeness (QED) is 0.611. The third kappa shape index (κ3) is 3.20. The number of piperazine rings is 1. The Morgan fingerprint density at radius 2 is 1.64 bits per heavy atom. The van der Waals surface area contributed by atoms with Crippen LogP contribution in [0.2, 0.25) is 0 Å². The third-order valence-corrected chi connectivity index (χ3v) is 5.31. The van der Waals surface area contributed by atoms with Gasteiger partial charge in [-0.15, -0.1) is 0 Å². The molecule has 0 spiro atoms. The number of amides is 1. The van der Waals surface area contributed by atoms with Crippen molar-refractivity contribution < 1.29 is 27.9 Å². The first-order valence-corrected chi connectivity index (χ1v) is 7.94. The molecule has 0 N–H and O–H groups in total. The zero-order chi connectivity index (χ0) is 16.3. The lowest BCUT2D eigenvalue weighted by Gasteiger charge is -2.34. The van der Waals surface area contributed by atoms with Crippen molar-refractivity contribution in [3.8, 4) is 5.75 Å². The first kappa shape index (κ1) is 16.2. The average molecular weight is 327 g/mol. The minimum atomic E-state index is -3.68. The number of carbonyl (C=O) groups is 2. The Hall–Kier alpha value is -2.13. The minimum Gasteiger partial charge on any atom is -0.540 e. The number of carbonyl (C=O) groups excluding carboxylic acids is 2. The second kappa shape index (κ2) is 6.32. The molecule has 0 unspecified atom stereocenters. The molecule has 9 heteroatoms. The Labute approximate surface area is 127 Å². The Morgan fingerprint density at radius 3 is 2.09 bits per heavy atom.